The summed E-state index contributed by atoms with van der Waals surface area (Å²) in [6.07, 6.45) is 1.84. The van der Waals surface area contributed by atoms with Crippen molar-refractivity contribution in [3.8, 4) is 5.75 Å². The zero-order chi connectivity index (χ0) is 11.7. The molecule has 1 amide bonds. The largest absolute Gasteiger partial charge is 0.497 e. The Hall–Kier alpha value is -1.97. The van der Waals surface area contributed by atoms with Gasteiger partial charge in [0.05, 0.1) is 7.11 Å². The summed E-state index contributed by atoms with van der Waals surface area (Å²) >= 11 is 0. The monoisotopic (exact) mass is 218 g/mol. The maximum atomic E-state index is 11.7. The number of nitrogens with one attached hydrogen (secondary N) is 1. The van der Waals surface area contributed by atoms with Crippen LogP contribution in [0.15, 0.2) is 24.4 Å². The molecule has 1 N–H and O–H groups in total. The fourth-order valence-electron chi connectivity index (χ4n) is 1.83. The third-order valence-electron chi connectivity index (χ3n) is 2.61. The molecule has 16 heavy (non-hydrogen) atoms. The van der Waals surface area contributed by atoms with E-state index in [0.717, 1.165) is 16.8 Å². The Bertz CT molecular complexity index is 543. The van der Waals surface area contributed by atoms with Crippen LogP contribution in [0.25, 0.3) is 5.52 Å². The topological polar surface area (TPSA) is 42.7 Å². The average Bonchev–Trinajstić information content (AvgIpc) is 2.62. The molecule has 4 heteroatoms. The Labute approximate surface area is 93.8 Å². The van der Waals surface area contributed by atoms with Crippen molar-refractivity contribution in [2.45, 2.75) is 6.92 Å². The van der Waals surface area contributed by atoms with Crippen molar-refractivity contribution in [3.63, 3.8) is 0 Å². The average molecular weight is 218 g/mol. The van der Waals surface area contributed by atoms with Crippen LogP contribution >= 0.6 is 0 Å². The summed E-state index contributed by atoms with van der Waals surface area (Å²) in [6.45, 7) is 1.92. The highest BCUT2D eigenvalue weighted by Crippen LogP contribution is 2.20. The molecular formula is C12H14N2O2. The molecule has 0 radical (unpaired) electrons. The van der Waals surface area contributed by atoms with Gasteiger partial charge in [0.15, 0.2) is 0 Å². The number of carbonyl (C=O) groups is 1. The Morgan fingerprint density at radius 2 is 2.19 bits per heavy atom. The van der Waals surface area contributed by atoms with Crippen molar-refractivity contribution >= 4 is 11.4 Å². The number of nitrogens with zero attached hydrogens (tertiary/aromatic N) is 1. The number of fused-ring (bicyclic) bond motifs is 1. The lowest BCUT2D eigenvalue weighted by molar-refractivity contribution is 0.0957. The van der Waals surface area contributed by atoms with Crippen LogP contribution in [0.3, 0.4) is 0 Å². The molecule has 0 aliphatic rings. The van der Waals surface area contributed by atoms with Gasteiger partial charge in [0.1, 0.15) is 11.4 Å². The lowest BCUT2D eigenvalue weighted by atomic mass is 10.2. The van der Waals surface area contributed by atoms with Crippen molar-refractivity contribution in [3.05, 3.63) is 35.7 Å². The minimum absolute atomic E-state index is 0.0809. The number of aryl methyl sites for hydroxylation is 1. The molecule has 2 rings (SSSR count). The third-order valence-corrected chi connectivity index (χ3v) is 2.61. The van der Waals surface area contributed by atoms with Crippen molar-refractivity contribution in [1.29, 1.82) is 0 Å². The molecule has 0 atom stereocenters. The van der Waals surface area contributed by atoms with Gasteiger partial charge in [-0.3, -0.25) is 4.79 Å². The van der Waals surface area contributed by atoms with Crippen LogP contribution in [-0.2, 0) is 0 Å². The maximum Gasteiger partial charge on any atom is 0.268 e. The summed E-state index contributed by atoms with van der Waals surface area (Å²) in [5.41, 5.74) is 2.57. The molecule has 0 spiro atoms. The highest BCUT2D eigenvalue weighted by molar-refractivity contribution is 5.95. The van der Waals surface area contributed by atoms with Crippen molar-refractivity contribution in [2.24, 2.45) is 0 Å². The van der Waals surface area contributed by atoms with E-state index < -0.39 is 0 Å². The smallest absolute Gasteiger partial charge is 0.268 e. The molecule has 0 bridgehead atoms. The molecule has 84 valence electrons. The molecule has 2 heterocycles. The number of carbonyl (C=O) groups excluding carboxylic acids is 1. The molecule has 0 aromatic carbocycles. The number of aromatic nitrogens is 1. The highest BCUT2D eigenvalue weighted by atomic mass is 16.5. The number of hydrogen-bond acceptors (Lipinski definition) is 2. The van der Waals surface area contributed by atoms with Crippen LogP contribution < -0.4 is 10.1 Å². The van der Waals surface area contributed by atoms with Gasteiger partial charge in [-0.15, -0.1) is 0 Å². The molecule has 0 saturated heterocycles. The second-order valence-corrected chi connectivity index (χ2v) is 3.62. The van der Waals surface area contributed by atoms with Crippen LogP contribution in [0, 0.1) is 6.92 Å². The van der Waals surface area contributed by atoms with E-state index in [0.29, 0.717) is 5.69 Å². The molecular weight excluding hydrogens is 204 g/mol. The van der Waals surface area contributed by atoms with E-state index in [1.807, 2.05) is 35.7 Å². The minimum Gasteiger partial charge on any atom is -0.497 e. The standard InChI is InChI=1S/C12H14N2O2/c1-8-6-9-7-10(16-3)4-5-14(9)11(8)12(15)13-2/h4-7H,1-3H3,(H,13,15). The predicted molar refractivity (Wildman–Crippen MR) is 62.1 cm³/mol. The van der Waals surface area contributed by atoms with Crippen LogP contribution in [0.1, 0.15) is 16.1 Å². The molecule has 0 unspecified atom stereocenters. The maximum absolute atomic E-state index is 11.7. The van der Waals surface area contributed by atoms with E-state index in [1.54, 1.807) is 14.2 Å². The molecule has 0 aliphatic carbocycles. The molecule has 2 aromatic heterocycles. The number of ether oxygens (including phenoxy) is 1. The SMILES string of the molecule is CNC(=O)c1c(C)cc2cc(OC)ccn12. The first-order chi connectivity index (χ1) is 7.67. The van der Waals surface area contributed by atoms with E-state index in [9.17, 15) is 4.79 Å². The van der Waals surface area contributed by atoms with E-state index >= 15 is 0 Å². The second-order valence-electron chi connectivity index (χ2n) is 3.62. The van der Waals surface area contributed by atoms with Gasteiger partial charge in [-0.1, -0.05) is 0 Å². The first kappa shape index (κ1) is 10.5. The van der Waals surface area contributed by atoms with E-state index in [4.69, 9.17) is 4.74 Å². The molecule has 4 nitrogen and oxygen atoms in total. The lowest BCUT2D eigenvalue weighted by Crippen LogP contribution is -2.20. The van der Waals surface area contributed by atoms with Gasteiger partial charge in [0.25, 0.3) is 5.91 Å². The van der Waals surface area contributed by atoms with E-state index in [2.05, 4.69) is 5.32 Å². The van der Waals surface area contributed by atoms with Crippen LogP contribution in [0.4, 0.5) is 0 Å². The Morgan fingerprint density at radius 3 is 2.81 bits per heavy atom. The summed E-state index contributed by atoms with van der Waals surface area (Å²) in [5, 5.41) is 2.64. The zero-order valence-corrected chi connectivity index (χ0v) is 9.57. The van der Waals surface area contributed by atoms with Gasteiger partial charge < -0.3 is 14.5 Å². The minimum atomic E-state index is -0.0809. The fourth-order valence-corrected chi connectivity index (χ4v) is 1.83. The summed E-state index contributed by atoms with van der Waals surface area (Å²) in [5.74, 6) is 0.705. The number of hydrogen-bond donors (Lipinski definition) is 1. The van der Waals surface area contributed by atoms with Gasteiger partial charge in [0, 0.05) is 24.8 Å². The van der Waals surface area contributed by atoms with Crippen molar-refractivity contribution < 1.29 is 9.53 Å². The summed E-state index contributed by atoms with van der Waals surface area (Å²) < 4.78 is 7.00. The predicted octanol–water partition coefficient (Wildman–Crippen LogP) is 1.62. The van der Waals surface area contributed by atoms with E-state index in [1.165, 1.54) is 0 Å². The number of methoxy groups -OCH3 is 1. The van der Waals surface area contributed by atoms with Crippen LogP contribution in [0.5, 0.6) is 5.75 Å². The molecule has 0 saturated carbocycles. The van der Waals surface area contributed by atoms with Gasteiger partial charge >= 0.3 is 0 Å². The van der Waals surface area contributed by atoms with Crippen molar-refractivity contribution in [2.75, 3.05) is 14.2 Å². The first-order valence-electron chi connectivity index (χ1n) is 5.05. The number of amides is 1. The summed E-state index contributed by atoms with van der Waals surface area (Å²) in [4.78, 5) is 11.7. The van der Waals surface area contributed by atoms with Gasteiger partial charge in [-0.25, -0.2) is 0 Å². The van der Waals surface area contributed by atoms with Gasteiger partial charge in [0.2, 0.25) is 0 Å². The summed E-state index contributed by atoms with van der Waals surface area (Å²) in [7, 11) is 3.26. The quantitative estimate of drug-likeness (QED) is 0.832. The third kappa shape index (κ3) is 1.52. The highest BCUT2D eigenvalue weighted by Gasteiger charge is 2.13. The number of rotatable bonds is 2. The normalized spacial score (nSPS) is 10.4. The lowest BCUT2D eigenvalue weighted by Gasteiger charge is -2.04. The second kappa shape index (κ2) is 3.89. The number of pyridine rings is 1. The van der Waals surface area contributed by atoms with Gasteiger partial charge in [-0.05, 0) is 24.6 Å². The Morgan fingerprint density at radius 1 is 1.44 bits per heavy atom. The Balaban J connectivity index is 2.66. The van der Waals surface area contributed by atoms with Crippen LogP contribution in [0.2, 0.25) is 0 Å². The van der Waals surface area contributed by atoms with Gasteiger partial charge in [-0.2, -0.15) is 0 Å². The van der Waals surface area contributed by atoms with E-state index in [-0.39, 0.29) is 5.91 Å². The summed E-state index contributed by atoms with van der Waals surface area (Å²) in [6, 6.07) is 5.70. The zero-order valence-electron chi connectivity index (χ0n) is 9.57. The molecule has 0 fully saturated rings. The fraction of sp³-hybridized carbons (Fsp3) is 0.250. The first-order valence-corrected chi connectivity index (χ1v) is 5.05. The molecule has 2 aromatic rings. The van der Waals surface area contributed by atoms with Crippen LogP contribution in [-0.4, -0.2) is 24.5 Å². The molecule has 0 aliphatic heterocycles. The van der Waals surface area contributed by atoms with Crippen molar-refractivity contribution in [1.82, 2.24) is 9.72 Å². The Kier molecular flexibility index (Phi) is 2.56.